The predicted molar refractivity (Wildman–Crippen MR) is 148 cm³/mol. The third kappa shape index (κ3) is 5.80. The zero-order valence-corrected chi connectivity index (χ0v) is 23.3. The van der Waals surface area contributed by atoms with Crippen molar-refractivity contribution in [3.63, 3.8) is 0 Å². The molecule has 0 bridgehead atoms. The molecular formula is C26H31ClN4O3S2. The standard InChI is InChI=1S/C26H31ClN4O3S2/c1-26(2,3)24-22-23(17-9-12-35-15-17)36-16-21(33)30(14-20(32)28-10-6-11-34-4)25(22)31(29-24)19-8-5-7-18(27)13-19/h5,7-9,12-13,15,23H,6,10-11,14,16H2,1-4H3,(H,28,32)/t23-/m0/s1. The molecule has 3 heterocycles. The van der Waals surface area contributed by atoms with E-state index in [4.69, 9.17) is 21.4 Å². The molecule has 3 aromatic rings. The Labute approximate surface area is 225 Å². The maximum absolute atomic E-state index is 13.6. The van der Waals surface area contributed by atoms with Gasteiger partial charge in [-0.15, -0.1) is 11.8 Å². The van der Waals surface area contributed by atoms with Crippen LogP contribution in [-0.4, -0.2) is 54.2 Å². The highest BCUT2D eigenvalue weighted by Crippen LogP contribution is 2.48. The highest BCUT2D eigenvalue weighted by atomic mass is 35.5. The van der Waals surface area contributed by atoms with Crippen LogP contribution in [0.15, 0.2) is 41.1 Å². The second-order valence-electron chi connectivity index (χ2n) is 9.65. The second-order valence-corrected chi connectivity index (χ2v) is 12.0. The fraction of sp³-hybridized carbons (Fsp3) is 0.423. The Morgan fingerprint density at radius 3 is 2.78 bits per heavy atom. The third-order valence-electron chi connectivity index (χ3n) is 5.85. The number of carbonyl (C=O) groups excluding carboxylic acids is 2. The van der Waals surface area contributed by atoms with E-state index in [2.05, 4.69) is 37.5 Å². The predicted octanol–water partition coefficient (Wildman–Crippen LogP) is 5.21. The largest absolute Gasteiger partial charge is 0.385 e. The summed E-state index contributed by atoms with van der Waals surface area (Å²) in [6.07, 6.45) is 0.701. The first kappa shape index (κ1) is 26.7. The van der Waals surface area contributed by atoms with Crippen molar-refractivity contribution in [3.05, 3.63) is 62.9 Å². The van der Waals surface area contributed by atoms with Gasteiger partial charge < -0.3 is 10.1 Å². The van der Waals surface area contributed by atoms with Gasteiger partial charge in [0.1, 0.15) is 12.4 Å². The van der Waals surface area contributed by atoms with E-state index in [0.717, 1.165) is 22.5 Å². The van der Waals surface area contributed by atoms with E-state index in [0.29, 0.717) is 30.4 Å². The lowest BCUT2D eigenvalue weighted by atomic mass is 9.87. The molecule has 192 valence electrons. The number of thiophene rings is 1. The van der Waals surface area contributed by atoms with Gasteiger partial charge in [-0.2, -0.15) is 16.4 Å². The first-order chi connectivity index (χ1) is 17.2. The van der Waals surface area contributed by atoms with Gasteiger partial charge >= 0.3 is 0 Å². The number of hydrogen-bond acceptors (Lipinski definition) is 6. The minimum Gasteiger partial charge on any atom is -0.385 e. The monoisotopic (exact) mass is 546 g/mol. The fourth-order valence-corrected chi connectivity index (χ4v) is 6.34. The topological polar surface area (TPSA) is 76.5 Å². The minimum absolute atomic E-state index is 0.0906. The van der Waals surface area contributed by atoms with E-state index in [1.54, 1.807) is 45.9 Å². The maximum Gasteiger partial charge on any atom is 0.240 e. The van der Waals surface area contributed by atoms with Gasteiger partial charge in [0.15, 0.2) is 0 Å². The third-order valence-corrected chi connectivity index (χ3v) is 8.04. The molecule has 0 radical (unpaired) electrons. The Bertz CT molecular complexity index is 1220. The van der Waals surface area contributed by atoms with E-state index in [9.17, 15) is 9.59 Å². The molecule has 1 N–H and O–H groups in total. The molecule has 0 spiro atoms. The zero-order chi connectivity index (χ0) is 25.9. The van der Waals surface area contributed by atoms with Crippen molar-refractivity contribution < 1.29 is 14.3 Å². The van der Waals surface area contributed by atoms with Gasteiger partial charge in [-0.3, -0.25) is 14.5 Å². The minimum atomic E-state index is -0.301. The smallest absolute Gasteiger partial charge is 0.240 e. The van der Waals surface area contributed by atoms with Gasteiger partial charge in [-0.05, 0) is 47.0 Å². The number of nitrogens with zero attached hydrogens (tertiary/aromatic N) is 3. The van der Waals surface area contributed by atoms with E-state index in [1.165, 1.54) is 0 Å². The van der Waals surface area contributed by atoms with Gasteiger partial charge in [-0.25, -0.2) is 4.68 Å². The van der Waals surface area contributed by atoms with Crippen LogP contribution in [0, 0.1) is 0 Å². The number of nitrogens with one attached hydrogen (secondary N) is 1. The lowest BCUT2D eigenvalue weighted by Gasteiger charge is -2.24. The number of carbonyl (C=O) groups is 2. The van der Waals surface area contributed by atoms with Crippen LogP contribution in [0.2, 0.25) is 5.02 Å². The van der Waals surface area contributed by atoms with E-state index in [-0.39, 0.29) is 34.8 Å². The highest BCUT2D eigenvalue weighted by Gasteiger charge is 2.40. The molecule has 1 aliphatic heterocycles. The molecule has 1 aromatic carbocycles. The summed E-state index contributed by atoms with van der Waals surface area (Å²) in [5.74, 6) is 0.529. The Balaban J connectivity index is 1.88. The Kier molecular flexibility index (Phi) is 8.44. The summed E-state index contributed by atoms with van der Waals surface area (Å²) in [5.41, 5.74) is 3.42. The number of fused-ring (bicyclic) bond motifs is 1. The number of benzene rings is 1. The summed E-state index contributed by atoms with van der Waals surface area (Å²) < 4.78 is 6.85. The van der Waals surface area contributed by atoms with Gasteiger partial charge in [-0.1, -0.05) is 38.4 Å². The van der Waals surface area contributed by atoms with Crippen molar-refractivity contribution in [1.29, 1.82) is 0 Å². The van der Waals surface area contributed by atoms with Crippen molar-refractivity contribution in [2.24, 2.45) is 0 Å². The van der Waals surface area contributed by atoms with Crippen molar-refractivity contribution >= 4 is 52.3 Å². The number of hydrogen-bond donors (Lipinski definition) is 1. The molecule has 10 heteroatoms. The molecule has 1 aliphatic rings. The molecular weight excluding hydrogens is 516 g/mol. The van der Waals surface area contributed by atoms with Crippen molar-refractivity contribution in [1.82, 2.24) is 15.1 Å². The van der Waals surface area contributed by atoms with Crippen molar-refractivity contribution in [3.8, 4) is 5.69 Å². The summed E-state index contributed by atoms with van der Waals surface area (Å²) in [7, 11) is 1.63. The lowest BCUT2D eigenvalue weighted by Crippen LogP contribution is -2.42. The van der Waals surface area contributed by atoms with Crippen LogP contribution in [-0.2, 0) is 19.7 Å². The summed E-state index contributed by atoms with van der Waals surface area (Å²) in [6.45, 7) is 7.30. The van der Waals surface area contributed by atoms with Crippen LogP contribution in [0.25, 0.3) is 5.69 Å². The maximum atomic E-state index is 13.6. The SMILES string of the molecule is COCCCNC(=O)CN1C(=O)CS[C@@H](c2ccsc2)c2c(C(C)(C)C)nn(-c3cccc(Cl)c3)c21. The number of thioether (sulfide) groups is 1. The van der Waals surface area contributed by atoms with Gasteiger partial charge in [0, 0.05) is 36.3 Å². The molecule has 0 saturated carbocycles. The Hall–Kier alpha value is -2.33. The quantitative estimate of drug-likeness (QED) is 0.393. The number of aromatic nitrogens is 2. The fourth-order valence-electron chi connectivity index (χ4n) is 4.19. The van der Waals surface area contributed by atoms with Crippen molar-refractivity contribution in [2.45, 2.75) is 37.9 Å². The summed E-state index contributed by atoms with van der Waals surface area (Å²) in [6, 6.07) is 9.50. The summed E-state index contributed by atoms with van der Waals surface area (Å²) in [5, 5.41) is 12.6. The molecule has 0 saturated heterocycles. The molecule has 2 amide bonds. The van der Waals surface area contributed by atoms with Crippen molar-refractivity contribution in [2.75, 3.05) is 37.5 Å². The number of ether oxygens (including phenoxy) is 1. The van der Waals surface area contributed by atoms with Crippen LogP contribution < -0.4 is 10.2 Å². The van der Waals surface area contributed by atoms with Gasteiger partial charge in [0.25, 0.3) is 0 Å². The van der Waals surface area contributed by atoms with E-state index in [1.807, 2.05) is 23.6 Å². The zero-order valence-electron chi connectivity index (χ0n) is 20.9. The molecule has 0 aliphatic carbocycles. The molecule has 1 atom stereocenters. The van der Waals surface area contributed by atoms with Crippen LogP contribution in [0.1, 0.15) is 49.3 Å². The molecule has 2 aromatic heterocycles. The van der Waals surface area contributed by atoms with Gasteiger partial charge in [0.2, 0.25) is 11.8 Å². The van der Waals surface area contributed by atoms with Crippen LogP contribution >= 0.6 is 34.7 Å². The Morgan fingerprint density at radius 2 is 2.11 bits per heavy atom. The summed E-state index contributed by atoms with van der Waals surface area (Å²) >= 11 is 9.56. The number of amides is 2. The molecule has 0 fully saturated rings. The first-order valence-electron chi connectivity index (χ1n) is 11.8. The van der Waals surface area contributed by atoms with E-state index < -0.39 is 0 Å². The Morgan fingerprint density at radius 1 is 1.31 bits per heavy atom. The molecule has 4 rings (SSSR count). The molecule has 7 nitrogen and oxygen atoms in total. The highest BCUT2D eigenvalue weighted by molar-refractivity contribution is 8.00. The normalized spacial score (nSPS) is 16.1. The number of halogens is 1. The number of methoxy groups -OCH3 is 1. The number of rotatable bonds is 8. The van der Waals surface area contributed by atoms with E-state index >= 15 is 0 Å². The average molecular weight is 547 g/mol. The van der Waals surface area contributed by atoms with Crippen LogP contribution in [0.3, 0.4) is 0 Å². The van der Waals surface area contributed by atoms with Crippen LogP contribution in [0.4, 0.5) is 5.82 Å². The van der Waals surface area contributed by atoms with Crippen LogP contribution in [0.5, 0.6) is 0 Å². The molecule has 36 heavy (non-hydrogen) atoms. The van der Waals surface area contributed by atoms with Gasteiger partial charge in [0.05, 0.1) is 22.4 Å². The summed E-state index contributed by atoms with van der Waals surface area (Å²) in [4.78, 5) is 28.1. The second kappa shape index (κ2) is 11.4. The average Bonchev–Trinajstić information content (AvgIpc) is 3.47. The molecule has 0 unspecified atom stereocenters. The number of anilines is 1. The first-order valence-corrected chi connectivity index (χ1v) is 14.2. The lowest BCUT2D eigenvalue weighted by molar-refractivity contribution is -0.122.